The summed E-state index contributed by atoms with van der Waals surface area (Å²) in [6, 6.07) is 0. The van der Waals surface area contributed by atoms with Crippen molar-refractivity contribution in [2.75, 3.05) is 13.2 Å². The summed E-state index contributed by atoms with van der Waals surface area (Å²) in [6.45, 7) is 2.15. The number of ether oxygens (including phenoxy) is 1. The molecule has 0 amide bonds. The molecular formula is C12H22N4O. The highest BCUT2D eigenvalue weighted by Gasteiger charge is 2.23. The maximum absolute atomic E-state index is 5.80. The average Bonchev–Trinajstić information content (AvgIpc) is 2.76. The summed E-state index contributed by atoms with van der Waals surface area (Å²) >= 11 is 0. The zero-order valence-corrected chi connectivity index (χ0v) is 10.5. The molecule has 1 saturated carbocycles. The largest absolute Gasteiger partial charge is 0.375 e. The fourth-order valence-corrected chi connectivity index (χ4v) is 2.59. The maximum Gasteiger partial charge on any atom is 0.108 e. The van der Waals surface area contributed by atoms with Gasteiger partial charge in [0.15, 0.2) is 0 Å². The molecule has 0 spiro atoms. The van der Waals surface area contributed by atoms with Gasteiger partial charge in [-0.2, -0.15) is 0 Å². The molecule has 0 aromatic carbocycles. The van der Waals surface area contributed by atoms with Crippen LogP contribution in [0.4, 0.5) is 0 Å². The van der Waals surface area contributed by atoms with Gasteiger partial charge in [0, 0.05) is 7.05 Å². The van der Waals surface area contributed by atoms with E-state index in [1.807, 2.05) is 13.2 Å². The predicted molar refractivity (Wildman–Crippen MR) is 65.2 cm³/mol. The third-order valence-corrected chi connectivity index (χ3v) is 3.60. The van der Waals surface area contributed by atoms with Crippen molar-refractivity contribution in [1.82, 2.24) is 15.0 Å². The van der Waals surface area contributed by atoms with E-state index in [-0.39, 0.29) is 0 Å². The van der Waals surface area contributed by atoms with Crippen molar-refractivity contribution in [2.24, 2.45) is 24.6 Å². The highest BCUT2D eigenvalue weighted by Crippen LogP contribution is 2.29. The molecule has 0 bridgehead atoms. The molecule has 1 heterocycles. The van der Waals surface area contributed by atoms with Crippen LogP contribution in [0.5, 0.6) is 0 Å². The van der Waals surface area contributed by atoms with Gasteiger partial charge >= 0.3 is 0 Å². The van der Waals surface area contributed by atoms with Gasteiger partial charge in [-0.25, -0.2) is 0 Å². The second-order valence-electron chi connectivity index (χ2n) is 4.94. The Kier molecular flexibility index (Phi) is 4.50. The summed E-state index contributed by atoms with van der Waals surface area (Å²) in [4.78, 5) is 0. The van der Waals surface area contributed by atoms with Gasteiger partial charge in [-0.3, -0.25) is 4.68 Å². The number of rotatable bonds is 5. The lowest BCUT2D eigenvalue weighted by atomic mass is 9.80. The molecule has 0 radical (unpaired) electrons. The lowest BCUT2D eigenvalue weighted by Crippen LogP contribution is -2.29. The van der Waals surface area contributed by atoms with Crippen molar-refractivity contribution in [1.29, 1.82) is 0 Å². The fourth-order valence-electron chi connectivity index (χ4n) is 2.59. The van der Waals surface area contributed by atoms with Crippen molar-refractivity contribution < 1.29 is 4.74 Å². The van der Waals surface area contributed by atoms with Crippen LogP contribution in [0.15, 0.2) is 6.20 Å². The molecule has 0 aliphatic heterocycles. The molecule has 2 N–H and O–H groups in total. The molecule has 2 atom stereocenters. The Morgan fingerprint density at radius 3 is 2.82 bits per heavy atom. The van der Waals surface area contributed by atoms with Gasteiger partial charge in [0.2, 0.25) is 0 Å². The van der Waals surface area contributed by atoms with Crippen molar-refractivity contribution in [3.8, 4) is 0 Å². The molecule has 5 nitrogen and oxygen atoms in total. The smallest absolute Gasteiger partial charge is 0.108 e. The summed E-state index contributed by atoms with van der Waals surface area (Å²) in [5.74, 6) is 1.27. The van der Waals surface area contributed by atoms with Crippen LogP contribution in [0.2, 0.25) is 0 Å². The van der Waals surface area contributed by atoms with Crippen LogP contribution < -0.4 is 5.73 Å². The van der Waals surface area contributed by atoms with Crippen LogP contribution in [0.25, 0.3) is 0 Å². The summed E-state index contributed by atoms with van der Waals surface area (Å²) in [5.41, 5.74) is 6.69. The Labute approximate surface area is 102 Å². The van der Waals surface area contributed by atoms with Crippen LogP contribution in [-0.2, 0) is 18.4 Å². The van der Waals surface area contributed by atoms with Gasteiger partial charge in [0.25, 0.3) is 0 Å². The normalized spacial score (nSPS) is 25.1. The molecule has 1 aliphatic carbocycles. The zero-order valence-electron chi connectivity index (χ0n) is 10.5. The van der Waals surface area contributed by atoms with Gasteiger partial charge in [-0.15, -0.1) is 5.10 Å². The van der Waals surface area contributed by atoms with Crippen LogP contribution >= 0.6 is 0 Å². The third-order valence-electron chi connectivity index (χ3n) is 3.60. The van der Waals surface area contributed by atoms with Gasteiger partial charge in [0.05, 0.1) is 19.4 Å². The first-order valence-corrected chi connectivity index (χ1v) is 6.42. The lowest BCUT2D eigenvalue weighted by Gasteiger charge is -2.30. The van der Waals surface area contributed by atoms with Crippen LogP contribution in [0.3, 0.4) is 0 Å². The summed E-state index contributed by atoms with van der Waals surface area (Å²) in [7, 11) is 1.86. The van der Waals surface area contributed by atoms with Gasteiger partial charge in [0.1, 0.15) is 5.69 Å². The van der Waals surface area contributed by atoms with Crippen LogP contribution in [0.1, 0.15) is 31.4 Å². The fraction of sp³-hybridized carbons (Fsp3) is 0.833. The monoisotopic (exact) mass is 238 g/mol. The number of hydrogen-bond acceptors (Lipinski definition) is 4. The summed E-state index contributed by atoms with van der Waals surface area (Å²) < 4.78 is 7.43. The molecule has 17 heavy (non-hydrogen) atoms. The quantitative estimate of drug-likeness (QED) is 0.834. The van der Waals surface area contributed by atoms with E-state index >= 15 is 0 Å². The minimum absolute atomic E-state index is 0.557. The van der Waals surface area contributed by atoms with E-state index in [9.17, 15) is 0 Å². The molecule has 5 heteroatoms. The predicted octanol–water partition coefficient (Wildman–Crippen LogP) is 1.10. The van der Waals surface area contributed by atoms with Gasteiger partial charge in [-0.05, 0) is 31.2 Å². The number of nitrogens with two attached hydrogens (primary N) is 1. The van der Waals surface area contributed by atoms with Crippen molar-refractivity contribution in [3.05, 3.63) is 11.9 Å². The van der Waals surface area contributed by atoms with Gasteiger partial charge < -0.3 is 10.5 Å². The Hall–Kier alpha value is -0.940. The average molecular weight is 238 g/mol. The summed E-state index contributed by atoms with van der Waals surface area (Å²) in [6.07, 6.45) is 7.04. The molecule has 1 fully saturated rings. The molecule has 2 unspecified atom stereocenters. The van der Waals surface area contributed by atoms with E-state index in [0.29, 0.717) is 18.4 Å². The molecule has 1 aromatic heterocycles. The van der Waals surface area contributed by atoms with E-state index < -0.39 is 0 Å². The maximum atomic E-state index is 5.80. The SMILES string of the molecule is Cn1cc(COCC2CCCCC2CN)nn1. The first-order valence-electron chi connectivity index (χ1n) is 6.42. The lowest BCUT2D eigenvalue weighted by molar-refractivity contribution is 0.0496. The Morgan fingerprint density at radius 2 is 2.18 bits per heavy atom. The molecule has 1 aromatic rings. The minimum Gasteiger partial charge on any atom is -0.375 e. The van der Waals surface area contributed by atoms with E-state index in [1.165, 1.54) is 25.7 Å². The van der Waals surface area contributed by atoms with E-state index in [2.05, 4.69) is 10.3 Å². The van der Waals surface area contributed by atoms with Crippen LogP contribution in [0, 0.1) is 11.8 Å². The van der Waals surface area contributed by atoms with Crippen molar-refractivity contribution in [2.45, 2.75) is 32.3 Å². The third kappa shape index (κ3) is 3.51. The molecule has 2 rings (SSSR count). The number of aromatic nitrogens is 3. The first-order chi connectivity index (χ1) is 8.29. The molecule has 1 aliphatic rings. The molecule has 0 saturated heterocycles. The Bertz CT molecular complexity index is 339. The number of nitrogens with zero attached hydrogens (tertiary/aromatic N) is 3. The summed E-state index contributed by atoms with van der Waals surface area (Å²) in [5, 5.41) is 7.88. The van der Waals surface area contributed by atoms with Crippen molar-refractivity contribution >= 4 is 0 Å². The topological polar surface area (TPSA) is 66.0 Å². The first kappa shape index (κ1) is 12.5. The Morgan fingerprint density at radius 1 is 1.41 bits per heavy atom. The molecular weight excluding hydrogens is 216 g/mol. The van der Waals surface area contributed by atoms with E-state index in [0.717, 1.165) is 18.8 Å². The minimum atomic E-state index is 0.557. The Balaban J connectivity index is 1.73. The second-order valence-corrected chi connectivity index (χ2v) is 4.94. The second kappa shape index (κ2) is 6.12. The van der Waals surface area contributed by atoms with E-state index in [4.69, 9.17) is 10.5 Å². The zero-order chi connectivity index (χ0) is 12.1. The molecule has 96 valence electrons. The highest BCUT2D eigenvalue weighted by molar-refractivity contribution is 4.88. The van der Waals surface area contributed by atoms with E-state index in [1.54, 1.807) is 4.68 Å². The standard InChI is InChI=1S/C12H22N4O/c1-16-7-12(14-15-16)9-17-8-11-5-3-2-4-10(11)6-13/h7,10-11H,2-6,8-9,13H2,1H3. The van der Waals surface area contributed by atoms with Crippen LogP contribution in [-0.4, -0.2) is 28.1 Å². The van der Waals surface area contributed by atoms with Gasteiger partial charge in [-0.1, -0.05) is 18.1 Å². The number of hydrogen-bond donors (Lipinski definition) is 1. The highest BCUT2D eigenvalue weighted by atomic mass is 16.5. The van der Waals surface area contributed by atoms with Crippen molar-refractivity contribution in [3.63, 3.8) is 0 Å². The number of aryl methyl sites for hydroxylation is 1.